The van der Waals surface area contributed by atoms with Gasteiger partial charge in [-0.15, -0.1) is 11.3 Å². The summed E-state index contributed by atoms with van der Waals surface area (Å²) in [6.07, 6.45) is -3.70. The first-order chi connectivity index (χ1) is 15.6. The molecule has 0 bridgehead atoms. The lowest BCUT2D eigenvalue weighted by Gasteiger charge is -2.34. The number of aromatic nitrogens is 1. The molecule has 3 aromatic rings. The molecule has 1 aliphatic heterocycles. The average molecular weight is 516 g/mol. The van der Waals surface area contributed by atoms with Crippen molar-refractivity contribution in [1.29, 1.82) is 0 Å². The number of hydrogen-bond acceptors (Lipinski definition) is 5. The fourth-order valence-electron chi connectivity index (χ4n) is 3.59. The molecule has 0 unspecified atom stereocenters. The summed E-state index contributed by atoms with van der Waals surface area (Å²) < 4.78 is 66.4. The summed E-state index contributed by atoms with van der Waals surface area (Å²) >= 11 is 7.44. The Morgan fingerprint density at radius 2 is 1.73 bits per heavy atom. The summed E-state index contributed by atoms with van der Waals surface area (Å²) in [6, 6.07) is 10.5. The third kappa shape index (κ3) is 5.03. The topological polar surface area (TPSA) is 53.5 Å². The van der Waals surface area contributed by atoms with Gasteiger partial charge < -0.3 is 4.90 Å². The molecule has 11 heteroatoms. The van der Waals surface area contributed by atoms with Crippen LogP contribution in [0.3, 0.4) is 0 Å². The zero-order chi connectivity index (χ0) is 23.8. The lowest BCUT2D eigenvalue weighted by Crippen LogP contribution is -2.48. The van der Waals surface area contributed by atoms with E-state index in [1.165, 1.54) is 21.2 Å². The lowest BCUT2D eigenvalue weighted by molar-refractivity contribution is -0.137. The van der Waals surface area contributed by atoms with Crippen molar-refractivity contribution in [3.63, 3.8) is 0 Å². The number of rotatable bonds is 5. The molecule has 0 radical (unpaired) electrons. The second kappa shape index (κ2) is 9.25. The first-order valence-corrected chi connectivity index (χ1v) is 13.0. The quantitative estimate of drug-likeness (QED) is 0.446. The fraction of sp³-hybridized carbons (Fsp3) is 0.318. The van der Waals surface area contributed by atoms with Gasteiger partial charge in [0.15, 0.2) is 5.13 Å². The van der Waals surface area contributed by atoms with Crippen LogP contribution in [0.2, 0.25) is 5.02 Å². The largest absolute Gasteiger partial charge is 0.416 e. The molecule has 0 N–H and O–H groups in total. The molecule has 0 aliphatic carbocycles. The Bertz CT molecular complexity index is 1240. The van der Waals surface area contributed by atoms with Gasteiger partial charge in [-0.05, 0) is 30.2 Å². The molecular weight excluding hydrogens is 495 g/mol. The number of aryl methyl sites for hydroxylation is 1. The van der Waals surface area contributed by atoms with Crippen molar-refractivity contribution in [2.24, 2.45) is 0 Å². The number of piperazine rings is 1. The Hall–Kier alpha value is -2.14. The fourth-order valence-corrected chi connectivity index (χ4v) is 6.40. The summed E-state index contributed by atoms with van der Waals surface area (Å²) in [5.74, 6) is 0. The number of hydrogen-bond donors (Lipinski definition) is 0. The van der Waals surface area contributed by atoms with Gasteiger partial charge in [-0.25, -0.2) is 13.4 Å². The van der Waals surface area contributed by atoms with Crippen LogP contribution < -0.4 is 4.90 Å². The molecule has 1 aromatic heterocycles. The Morgan fingerprint density at radius 1 is 1.06 bits per heavy atom. The van der Waals surface area contributed by atoms with Crippen LogP contribution in [0.5, 0.6) is 0 Å². The predicted octanol–water partition coefficient (Wildman–Crippen LogP) is 5.56. The Labute approximate surface area is 199 Å². The first-order valence-electron chi connectivity index (χ1n) is 10.3. The van der Waals surface area contributed by atoms with Crippen LogP contribution in [-0.2, 0) is 22.6 Å². The minimum Gasteiger partial charge on any atom is -0.345 e. The van der Waals surface area contributed by atoms with Gasteiger partial charge in [0.1, 0.15) is 4.90 Å². The Morgan fingerprint density at radius 3 is 2.33 bits per heavy atom. The molecule has 2 aromatic carbocycles. The van der Waals surface area contributed by atoms with Gasteiger partial charge >= 0.3 is 6.18 Å². The number of anilines is 1. The maximum atomic E-state index is 13.1. The van der Waals surface area contributed by atoms with Crippen molar-refractivity contribution in [1.82, 2.24) is 9.29 Å². The zero-order valence-electron chi connectivity index (χ0n) is 17.6. The van der Waals surface area contributed by atoms with E-state index in [1.807, 2.05) is 22.4 Å². The van der Waals surface area contributed by atoms with Gasteiger partial charge in [0, 0.05) is 37.1 Å². The van der Waals surface area contributed by atoms with Crippen LogP contribution in [0.25, 0.3) is 11.3 Å². The van der Waals surface area contributed by atoms with E-state index in [9.17, 15) is 21.6 Å². The van der Waals surface area contributed by atoms with E-state index in [0.29, 0.717) is 19.2 Å². The van der Waals surface area contributed by atoms with Crippen LogP contribution in [0.15, 0.2) is 52.7 Å². The molecule has 1 aliphatic rings. The average Bonchev–Trinajstić information content (AvgIpc) is 3.29. The maximum Gasteiger partial charge on any atom is 0.416 e. The van der Waals surface area contributed by atoms with Crippen LogP contribution in [-0.4, -0.2) is 43.9 Å². The summed E-state index contributed by atoms with van der Waals surface area (Å²) in [4.78, 5) is 6.14. The molecule has 5 nitrogen and oxygen atoms in total. The zero-order valence-corrected chi connectivity index (χ0v) is 20.0. The highest BCUT2D eigenvalue weighted by molar-refractivity contribution is 7.89. The van der Waals surface area contributed by atoms with Gasteiger partial charge in [0.2, 0.25) is 10.0 Å². The smallest absolute Gasteiger partial charge is 0.345 e. The van der Waals surface area contributed by atoms with Gasteiger partial charge in [-0.2, -0.15) is 17.5 Å². The van der Waals surface area contributed by atoms with Crippen molar-refractivity contribution in [3.05, 3.63) is 64.0 Å². The SMILES string of the molecule is CCc1ccc(-c2csc(N3CCN(S(=O)(=O)c4cc(C(F)(F)F)ccc4Cl)CC3)n2)cc1. The standard InChI is InChI=1S/C22H21ClF3N3O2S2/c1-2-15-3-5-16(6-4-15)19-14-32-21(27-19)28-9-11-29(12-10-28)33(30,31)20-13-17(22(24,25)26)7-8-18(20)23/h3-8,13-14H,2,9-12H2,1H3. The van der Waals surface area contributed by atoms with Crippen LogP contribution >= 0.6 is 22.9 Å². The molecule has 176 valence electrons. The monoisotopic (exact) mass is 515 g/mol. The van der Waals surface area contributed by atoms with Crippen LogP contribution in [0, 0.1) is 0 Å². The van der Waals surface area contributed by atoms with Crippen molar-refractivity contribution in [2.75, 3.05) is 31.1 Å². The third-order valence-corrected chi connectivity index (χ3v) is 8.82. The normalized spacial score (nSPS) is 15.7. The maximum absolute atomic E-state index is 13.1. The summed E-state index contributed by atoms with van der Waals surface area (Å²) in [7, 11) is -4.17. The van der Waals surface area contributed by atoms with E-state index < -0.39 is 26.7 Å². The molecule has 0 atom stereocenters. The predicted molar refractivity (Wildman–Crippen MR) is 124 cm³/mol. The van der Waals surface area contributed by atoms with E-state index >= 15 is 0 Å². The number of benzene rings is 2. The number of alkyl halides is 3. The Kier molecular flexibility index (Phi) is 6.73. The third-order valence-electron chi connectivity index (χ3n) is 5.54. The minimum absolute atomic E-state index is 0.120. The van der Waals surface area contributed by atoms with Crippen LogP contribution in [0.4, 0.5) is 18.3 Å². The number of sulfonamides is 1. The summed E-state index contributed by atoms with van der Waals surface area (Å²) in [6.45, 7) is 3.08. The number of thiazole rings is 1. The molecule has 0 amide bonds. The molecule has 2 heterocycles. The molecule has 1 saturated heterocycles. The van der Waals surface area contributed by atoms with Gasteiger partial charge in [0.25, 0.3) is 0 Å². The van der Waals surface area contributed by atoms with Crippen molar-refractivity contribution < 1.29 is 21.6 Å². The highest BCUT2D eigenvalue weighted by Gasteiger charge is 2.35. The second-order valence-electron chi connectivity index (χ2n) is 7.60. The number of halogens is 4. The molecule has 0 saturated carbocycles. The second-order valence-corrected chi connectivity index (χ2v) is 10.8. The van der Waals surface area contributed by atoms with Gasteiger partial charge in [-0.1, -0.05) is 42.8 Å². The van der Waals surface area contributed by atoms with Gasteiger partial charge in [0.05, 0.1) is 16.3 Å². The Balaban J connectivity index is 1.47. The van der Waals surface area contributed by atoms with Gasteiger partial charge in [-0.3, -0.25) is 0 Å². The first kappa shape index (κ1) is 24.0. The summed E-state index contributed by atoms with van der Waals surface area (Å²) in [5.41, 5.74) is 2.05. The van der Waals surface area contributed by atoms with Crippen molar-refractivity contribution >= 4 is 38.1 Å². The lowest BCUT2D eigenvalue weighted by atomic mass is 10.1. The minimum atomic E-state index is -4.66. The highest BCUT2D eigenvalue weighted by atomic mass is 35.5. The van der Waals surface area contributed by atoms with E-state index in [0.717, 1.165) is 34.9 Å². The highest BCUT2D eigenvalue weighted by Crippen LogP contribution is 2.35. The molecule has 1 fully saturated rings. The van der Waals surface area contributed by atoms with E-state index in [1.54, 1.807) is 0 Å². The van der Waals surface area contributed by atoms with E-state index in [-0.39, 0.29) is 18.1 Å². The van der Waals surface area contributed by atoms with Crippen molar-refractivity contribution in [2.45, 2.75) is 24.4 Å². The molecule has 33 heavy (non-hydrogen) atoms. The molecule has 4 rings (SSSR count). The molecule has 0 spiro atoms. The summed E-state index contributed by atoms with van der Waals surface area (Å²) in [5, 5.41) is 2.50. The van der Waals surface area contributed by atoms with E-state index in [2.05, 4.69) is 24.0 Å². The van der Waals surface area contributed by atoms with Crippen LogP contribution in [0.1, 0.15) is 18.1 Å². The van der Waals surface area contributed by atoms with Crippen molar-refractivity contribution in [3.8, 4) is 11.3 Å². The van der Waals surface area contributed by atoms with E-state index in [4.69, 9.17) is 11.6 Å². The number of nitrogens with zero attached hydrogens (tertiary/aromatic N) is 3. The molecular formula is C22H21ClF3N3O2S2.